The van der Waals surface area contributed by atoms with E-state index in [0.717, 1.165) is 16.8 Å². The molecule has 2 rings (SSSR count). The Morgan fingerprint density at radius 3 is 2.24 bits per heavy atom. The highest BCUT2D eigenvalue weighted by Gasteiger charge is 2.11. The van der Waals surface area contributed by atoms with E-state index in [1.807, 2.05) is 54.7 Å². The van der Waals surface area contributed by atoms with E-state index in [0.29, 0.717) is 0 Å². The predicted molar refractivity (Wildman–Crippen MR) is 73.9 cm³/mol. The van der Waals surface area contributed by atoms with Crippen molar-refractivity contribution < 1.29 is 5.11 Å². The average Bonchev–Trinajstić information content (AvgIpc) is 2.75. The van der Waals surface area contributed by atoms with Gasteiger partial charge in [0.2, 0.25) is 0 Å². The molecule has 0 amide bonds. The van der Waals surface area contributed by atoms with Gasteiger partial charge < -0.3 is 10.0 Å². The number of hydrogen-bond acceptors (Lipinski definition) is 3. The summed E-state index contributed by atoms with van der Waals surface area (Å²) in [5.74, 6) is 0. The Hall–Kier alpha value is -1.32. The van der Waals surface area contributed by atoms with Crippen molar-refractivity contribution in [3.8, 4) is 0 Å². The second-order valence-corrected chi connectivity index (χ2v) is 5.49. The van der Waals surface area contributed by atoms with Gasteiger partial charge in [0.25, 0.3) is 0 Å². The average molecular weight is 247 g/mol. The first-order chi connectivity index (χ1) is 8.08. The van der Waals surface area contributed by atoms with E-state index in [9.17, 15) is 5.11 Å². The van der Waals surface area contributed by atoms with Crippen molar-refractivity contribution in [3.05, 3.63) is 51.7 Å². The highest BCUT2D eigenvalue weighted by molar-refractivity contribution is 7.10. The third-order valence-electron chi connectivity index (χ3n) is 2.79. The standard InChI is InChI=1S/C14H17NOS/c1-10-8-12(9-17-10)14(16)11-4-6-13(7-5-11)15(2)3/h4-9,14,16H,1-3H3. The highest BCUT2D eigenvalue weighted by Crippen LogP contribution is 2.27. The second-order valence-electron chi connectivity index (χ2n) is 4.38. The van der Waals surface area contributed by atoms with E-state index >= 15 is 0 Å². The fourth-order valence-electron chi connectivity index (χ4n) is 1.75. The Labute approximate surface area is 106 Å². The number of thiophene rings is 1. The molecule has 0 radical (unpaired) electrons. The Morgan fingerprint density at radius 2 is 1.76 bits per heavy atom. The van der Waals surface area contributed by atoms with Gasteiger partial charge in [-0.15, -0.1) is 11.3 Å². The lowest BCUT2D eigenvalue weighted by Gasteiger charge is -2.14. The maximum atomic E-state index is 10.2. The largest absolute Gasteiger partial charge is 0.384 e. The molecule has 17 heavy (non-hydrogen) atoms. The van der Waals surface area contributed by atoms with Crippen LogP contribution >= 0.6 is 11.3 Å². The predicted octanol–water partition coefficient (Wildman–Crippen LogP) is 3.20. The Kier molecular flexibility index (Phi) is 3.50. The molecule has 1 N–H and O–H groups in total. The van der Waals surface area contributed by atoms with Crippen molar-refractivity contribution in [2.75, 3.05) is 19.0 Å². The number of benzene rings is 1. The van der Waals surface area contributed by atoms with Crippen LogP contribution < -0.4 is 4.90 Å². The van der Waals surface area contributed by atoms with Crippen molar-refractivity contribution in [2.24, 2.45) is 0 Å². The molecule has 0 saturated carbocycles. The van der Waals surface area contributed by atoms with Gasteiger partial charge >= 0.3 is 0 Å². The zero-order chi connectivity index (χ0) is 12.4. The number of rotatable bonds is 3. The third-order valence-corrected chi connectivity index (χ3v) is 3.67. The van der Waals surface area contributed by atoms with Crippen molar-refractivity contribution in [3.63, 3.8) is 0 Å². The van der Waals surface area contributed by atoms with Crippen LogP contribution in [-0.4, -0.2) is 19.2 Å². The summed E-state index contributed by atoms with van der Waals surface area (Å²) in [6.07, 6.45) is -0.517. The second kappa shape index (κ2) is 4.90. The first kappa shape index (κ1) is 12.1. The van der Waals surface area contributed by atoms with Gasteiger partial charge in [-0.25, -0.2) is 0 Å². The normalized spacial score (nSPS) is 12.5. The molecule has 0 bridgehead atoms. The van der Waals surface area contributed by atoms with Crippen LogP contribution in [0.15, 0.2) is 35.7 Å². The number of nitrogens with zero attached hydrogens (tertiary/aromatic N) is 1. The minimum atomic E-state index is -0.517. The van der Waals surface area contributed by atoms with Crippen LogP contribution in [-0.2, 0) is 0 Å². The molecule has 0 saturated heterocycles. The van der Waals surface area contributed by atoms with Crippen LogP contribution in [0.4, 0.5) is 5.69 Å². The van der Waals surface area contributed by atoms with Crippen molar-refractivity contribution in [1.29, 1.82) is 0 Å². The molecule has 1 atom stereocenters. The summed E-state index contributed by atoms with van der Waals surface area (Å²) in [7, 11) is 4.02. The van der Waals surface area contributed by atoms with E-state index in [-0.39, 0.29) is 0 Å². The molecule has 2 nitrogen and oxygen atoms in total. The number of aliphatic hydroxyl groups is 1. The molecular formula is C14H17NOS. The Bertz CT molecular complexity index is 487. The first-order valence-electron chi connectivity index (χ1n) is 5.58. The molecule has 1 heterocycles. The molecule has 3 heteroatoms. The van der Waals surface area contributed by atoms with E-state index in [4.69, 9.17) is 0 Å². The molecule has 0 aliphatic heterocycles. The SMILES string of the molecule is Cc1cc(C(O)c2ccc(N(C)C)cc2)cs1. The molecule has 1 unspecified atom stereocenters. The molecule has 1 aromatic heterocycles. The van der Waals surface area contributed by atoms with E-state index < -0.39 is 6.10 Å². The van der Waals surface area contributed by atoms with Gasteiger partial charge in [-0.3, -0.25) is 0 Å². The van der Waals surface area contributed by atoms with Crippen LogP contribution in [0.5, 0.6) is 0 Å². The van der Waals surface area contributed by atoms with Gasteiger partial charge in [-0.2, -0.15) is 0 Å². The molecule has 0 fully saturated rings. The van der Waals surface area contributed by atoms with Gasteiger partial charge in [0.15, 0.2) is 0 Å². The van der Waals surface area contributed by atoms with Crippen molar-refractivity contribution >= 4 is 17.0 Å². The van der Waals surface area contributed by atoms with Crippen LogP contribution in [0.3, 0.4) is 0 Å². The lowest BCUT2D eigenvalue weighted by molar-refractivity contribution is 0.221. The molecule has 90 valence electrons. The van der Waals surface area contributed by atoms with Gasteiger partial charge in [0.05, 0.1) is 0 Å². The fraction of sp³-hybridized carbons (Fsp3) is 0.286. The van der Waals surface area contributed by atoms with Crippen LogP contribution in [0.1, 0.15) is 22.1 Å². The van der Waals surface area contributed by atoms with E-state index in [1.165, 1.54) is 4.88 Å². The monoisotopic (exact) mass is 247 g/mol. The summed E-state index contributed by atoms with van der Waals surface area (Å²) in [6, 6.07) is 10.0. The quantitative estimate of drug-likeness (QED) is 0.900. The highest BCUT2D eigenvalue weighted by atomic mass is 32.1. The molecule has 1 aromatic carbocycles. The summed E-state index contributed by atoms with van der Waals surface area (Å²) in [6.45, 7) is 2.05. The maximum absolute atomic E-state index is 10.2. The van der Waals surface area contributed by atoms with Gasteiger partial charge in [0, 0.05) is 24.7 Å². The number of aliphatic hydroxyl groups excluding tert-OH is 1. The third kappa shape index (κ3) is 2.68. The van der Waals surface area contributed by atoms with Crippen LogP contribution in [0.2, 0.25) is 0 Å². The smallest absolute Gasteiger partial charge is 0.105 e. The topological polar surface area (TPSA) is 23.5 Å². The summed E-state index contributed by atoms with van der Waals surface area (Å²) >= 11 is 1.67. The Balaban J connectivity index is 2.22. The first-order valence-corrected chi connectivity index (χ1v) is 6.46. The number of aryl methyl sites for hydroxylation is 1. The van der Waals surface area contributed by atoms with Crippen LogP contribution in [0.25, 0.3) is 0 Å². The molecule has 0 aliphatic carbocycles. The van der Waals surface area contributed by atoms with Gasteiger partial charge in [-0.1, -0.05) is 12.1 Å². The zero-order valence-corrected chi connectivity index (χ0v) is 11.2. The molecular weight excluding hydrogens is 230 g/mol. The number of anilines is 1. The fourth-order valence-corrected chi connectivity index (χ4v) is 2.48. The lowest BCUT2D eigenvalue weighted by Crippen LogP contribution is -2.08. The van der Waals surface area contributed by atoms with Crippen molar-refractivity contribution in [1.82, 2.24) is 0 Å². The Morgan fingerprint density at radius 1 is 1.12 bits per heavy atom. The van der Waals surface area contributed by atoms with Gasteiger partial charge in [0.1, 0.15) is 6.10 Å². The number of hydrogen-bond donors (Lipinski definition) is 1. The van der Waals surface area contributed by atoms with E-state index in [2.05, 4.69) is 6.92 Å². The minimum absolute atomic E-state index is 0.517. The molecule has 2 aromatic rings. The minimum Gasteiger partial charge on any atom is -0.384 e. The molecule has 0 aliphatic rings. The van der Waals surface area contributed by atoms with Crippen molar-refractivity contribution in [2.45, 2.75) is 13.0 Å². The van der Waals surface area contributed by atoms with Crippen LogP contribution in [0, 0.1) is 6.92 Å². The maximum Gasteiger partial charge on any atom is 0.105 e. The van der Waals surface area contributed by atoms with E-state index in [1.54, 1.807) is 11.3 Å². The molecule has 0 spiro atoms. The summed E-state index contributed by atoms with van der Waals surface area (Å²) < 4.78 is 0. The zero-order valence-electron chi connectivity index (χ0n) is 10.3. The summed E-state index contributed by atoms with van der Waals surface area (Å²) in [4.78, 5) is 3.27. The summed E-state index contributed by atoms with van der Waals surface area (Å²) in [5.41, 5.74) is 3.06. The van der Waals surface area contributed by atoms with Gasteiger partial charge in [-0.05, 0) is 41.6 Å². The lowest BCUT2D eigenvalue weighted by atomic mass is 10.0. The summed E-state index contributed by atoms with van der Waals surface area (Å²) in [5, 5.41) is 12.2.